The predicted molar refractivity (Wildman–Crippen MR) is 248 cm³/mol. The van der Waals surface area contributed by atoms with Crippen LogP contribution in [0, 0.1) is 0 Å². The van der Waals surface area contributed by atoms with Gasteiger partial charge < -0.3 is 50.2 Å². The topological polar surface area (TPSA) is 228 Å². The van der Waals surface area contributed by atoms with E-state index in [0.29, 0.717) is 102 Å². The van der Waals surface area contributed by atoms with E-state index in [1.807, 2.05) is 30.5 Å². The number of fused-ring (bicyclic) bond motifs is 4. The lowest BCUT2D eigenvalue weighted by molar-refractivity contribution is 0.0172. The monoisotopic (exact) mass is 922 g/mol. The Balaban J connectivity index is 0.765. The number of H-pyrrole nitrogens is 2. The SMILES string of the molecule is O=C1NCCc2[nH]c(-c3ccncc3OCC3CCC(c4cnc5c(Nc6c(-c7ccncc7OC[C@H]7CCCO7)[nH]c7c6C(=O)NCC7)nsc5c4)O3)c(Nc3nsc4cccnc34)c21. The molecule has 4 aliphatic heterocycles. The van der Waals surface area contributed by atoms with Gasteiger partial charge in [0, 0.05) is 85.4 Å². The molecule has 18 nitrogen and oxygen atoms in total. The number of nitrogens with zero attached hydrogens (tertiary/aromatic N) is 6. The maximum atomic E-state index is 13.4. The first-order chi connectivity index (χ1) is 32.5. The minimum absolute atomic E-state index is 0.0327. The number of pyridine rings is 4. The zero-order chi connectivity index (χ0) is 44.1. The average molecular weight is 923 g/mol. The van der Waals surface area contributed by atoms with Crippen LogP contribution in [0.1, 0.15) is 69.5 Å². The number of carbonyl (C=O) groups is 2. The smallest absolute Gasteiger partial charge is 0.255 e. The highest BCUT2D eigenvalue weighted by Crippen LogP contribution is 2.44. The molecule has 12 rings (SSSR count). The highest BCUT2D eigenvalue weighted by Gasteiger charge is 2.33. The number of nitrogens with one attached hydrogen (secondary N) is 6. The van der Waals surface area contributed by atoms with Crippen LogP contribution in [0.4, 0.5) is 23.0 Å². The first-order valence-electron chi connectivity index (χ1n) is 22.0. The Kier molecular flexibility index (Phi) is 10.5. The number of amides is 2. The standard InChI is InChI=1S/C46H42N12O6S2/c59-45-35-28(9-14-50-45)54-38(41(35)55-43-39-33(65-57-43)4-1-11-49-39)27-8-13-48-20-32(27)63-22-25-5-6-30(64-25)23-17-34-40(52-18-23)44(58-66-34)56-42-36-29(10-15-51-46(36)60)53-37(42)26-7-12-47-19-31(26)62-21-24-3-2-16-61-24/h1,4,7-8,11-13,17-20,24-25,30,53-54H,2-3,5-6,9-10,14-16,21-22H2,(H,50,59)(H,51,60)(H,55,57)(H,56,58)/t24-,25?,30?/m1/s1. The molecule has 20 heteroatoms. The van der Waals surface area contributed by atoms with Gasteiger partial charge in [0.1, 0.15) is 35.7 Å². The molecule has 2 saturated heterocycles. The van der Waals surface area contributed by atoms with Gasteiger partial charge in [0.2, 0.25) is 0 Å². The maximum absolute atomic E-state index is 13.4. The van der Waals surface area contributed by atoms with Crippen LogP contribution >= 0.6 is 23.1 Å². The molecule has 8 aromatic heterocycles. The van der Waals surface area contributed by atoms with Crippen molar-refractivity contribution in [2.24, 2.45) is 0 Å². The van der Waals surface area contributed by atoms with Crippen molar-refractivity contribution < 1.29 is 28.5 Å². The molecule has 6 N–H and O–H groups in total. The van der Waals surface area contributed by atoms with Crippen LogP contribution in [0.5, 0.6) is 11.5 Å². The van der Waals surface area contributed by atoms with Crippen molar-refractivity contribution in [3.8, 4) is 34.0 Å². The molecule has 2 fully saturated rings. The minimum Gasteiger partial charge on any atom is -0.489 e. The predicted octanol–water partition coefficient (Wildman–Crippen LogP) is 7.39. The van der Waals surface area contributed by atoms with Gasteiger partial charge in [-0.25, -0.2) is 0 Å². The molecule has 12 heterocycles. The first kappa shape index (κ1) is 40.5. The summed E-state index contributed by atoms with van der Waals surface area (Å²) in [6.45, 7) is 2.51. The van der Waals surface area contributed by atoms with Crippen molar-refractivity contribution in [2.45, 2.75) is 56.8 Å². The van der Waals surface area contributed by atoms with Gasteiger partial charge in [0.05, 0.1) is 74.0 Å². The highest BCUT2D eigenvalue weighted by molar-refractivity contribution is 7.14. The van der Waals surface area contributed by atoms with Crippen LogP contribution in [0.25, 0.3) is 42.9 Å². The molecule has 3 atom stereocenters. The summed E-state index contributed by atoms with van der Waals surface area (Å²) >= 11 is 2.68. The van der Waals surface area contributed by atoms with Gasteiger partial charge >= 0.3 is 0 Å². The first-order valence-corrected chi connectivity index (χ1v) is 23.5. The van der Waals surface area contributed by atoms with E-state index in [2.05, 4.69) is 56.6 Å². The lowest BCUT2D eigenvalue weighted by atomic mass is 10.1. The van der Waals surface area contributed by atoms with Crippen molar-refractivity contribution in [3.05, 3.63) is 95.6 Å². The molecule has 0 bridgehead atoms. The van der Waals surface area contributed by atoms with Gasteiger partial charge in [-0.05, 0) is 79.1 Å². The molecule has 0 radical (unpaired) electrons. The Morgan fingerprint density at radius 1 is 0.712 bits per heavy atom. The Morgan fingerprint density at radius 2 is 1.35 bits per heavy atom. The third-order valence-electron chi connectivity index (χ3n) is 12.4. The number of aromatic amines is 2. The number of ether oxygens (including phenoxy) is 4. The van der Waals surface area contributed by atoms with E-state index in [9.17, 15) is 9.59 Å². The van der Waals surface area contributed by atoms with E-state index in [1.165, 1.54) is 23.1 Å². The summed E-state index contributed by atoms with van der Waals surface area (Å²) in [5.41, 5.74) is 9.26. The summed E-state index contributed by atoms with van der Waals surface area (Å²) in [6.07, 6.45) is 14.9. The molecule has 2 unspecified atom stereocenters. The van der Waals surface area contributed by atoms with E-state index in [0.717, 1.165) is 75.3 Å². The molecule has 0 saturated carbocycles. The third-order valence-corrected chi connectivity index (χ3v) is 14.0. The molecule has 0 aromatic carbocycles. The number of hydrogen-bond acceptors (Lipinski definition) is 16. The van der Waals surface area contributed by atoms with Crippen LogP contribution in [-0.2, 0) is 22.3 Å². The van der Waals surface area contributed by atoms with E-state index in [4.69, 9.17) is 28.3 Å². The van der Waals surface area contributed by atoms with Crippen molar-refractivity contribution in [1.82, 2.24) is 49.3 Å². The van der Waals surface area contributed by atoms with Crippen molar-refractivity contribution in [2.75, 3.05) is 43.5 Å². The van der Waals surface area contributed by atoms with Gasteiger partial charge in [-0.3, -0.25) is 29.5 Å². The van der Waals surface area contributed by atoms with Crippen LogP contribution in [0.15, 0.2) is 67.5 Å². The van der Waals surface area contributed by atoms with E-state index < -0.39 is 0 Å². The van der Waals surface area contributed by atoms with Gasteiger partial charge in [-0.2, -0.15) is 8.75 Å². The van der Waals surface area contributed by atoms with Crippen LogP contribution in [0.2, 0.25) is 0 Å². The maximum Gasteiger partial charge on any atom is 0.255 e. The van der Waals surface area contributed by atoms with Gasteiger partial charge in [-0.1, -0.05) is 0 Å². The van der Waals surface area contributed by atoms with Gasteiger partial charge in [-0.15, -0.1) is 0 Å². The lowest BCUT2D eigenvalue weighted by Gasteiger charge is -2.17. The van der Waals surface area contributed by atoms with Crippen LogP contribution in [-0.4, -0.2) is 95.6 Å². The summed E-state index contributed by atoms with van der Waals surface area (Å²) in [5.74, 6) is 1.94. The molecule has 4 aliphatic rings. The van der Waals surface area contributed by atoms with Crippen LogP contribution < -0.4 is 30.7 Å². The largest absolute Gasteiger partial charge is 0.489 e. The fourth-order valence-corrected chi connectivity index (χ4v) is 10.7. The quantitative estimate of drug-likeness (QED) is 0.0663. The molecule has 8 aromatic rings. The number of anilines is 4. The number of carbonyl (C=O) groups excluding carboxylic acids is 2. The lowest BCUT2D eigenvalue weighted by Crippen LogP contribution is -2.31. The molecular formula is C46H42N12O6S2. The fraction of sp³-hybridized carbons (Fsp3) is 0.304. The van der Waals surface area contributed by atoms with E-state index >= 15 is 0 Å². The van der Waals surface area contributed by atoms with Gasteiger partial charge in [0.15, 0.2) is 11.6 Å². The molecule has 334 valence electrons. The van der Waals surface area contributed by atoms with Crippen molar-refractivity contribution in [3.63, 3.8) is 0 Å². The molecule has 0 aliphatic carbocycles. The molecular weight excluding hydrogens is 881 g/mol. The van der Waals surface area contributed by atoms with E-state index in [1.54, 1.807) is 31.0 Å². The molecule has 0 spiro atoms. The summed E-state index contributed by atoms with van der Waals surface area (Å²) in [5, 5.41) is 12.9. The zero-order valence-corrected chi connectivity index (χ0v) is 36.9. The summed E-state index contributed by atoms with van der Waals surface area (Å²) in [4.78, 5) is 51.9. The number of aromatic nitrogens is 8. The Bertz CT molecular complexity index is 3160. The fourth-order valence-electron chi connectivity index (χ4n) is 9.23. The average Bonchev–Trinajstić information content (AvgIpc) is 4.22. The summed E-state index contributed by atoms with van der Waals surface area (Å²) in [6, 6.07) is 9.69. The summed E-state index contributed by atoms with van der Waals surface area (Å²) in [7, 11) is 0. The number of hydrogen-bond donors (Lipinski definition) is 6. The minimum atomic E-state index is -0.194. The van der Waals surface area contributed by atoms with Gasteiger partial charge in [0.25, 0.3) is 11.8 Å². The normalized spacial score (nSPS) is 19.1. The Hall–Kier alpha value is -7.00. The zero-order valence-electron chi connectivity index (χ0n) is 35.3. The van der Waals surface area contributed by atoms with Crippen molar-refractivity contribution >= 4 is 78.3 Å². The Labute approximate surface area is 384 Å². The second kappa shape index (κ2) is 17.1. The molecule has 2 amide bonds. The second-order valence-corrected chi connectivity index (χ2v) is 18.2. The number of rotatable bonds is 13. The second-order valence-electron chi connectivity index (χ2n) is 16.6. The van der Waals surface area contributed by atoms with Crippen LogP contribution in [0.3, 0.4) is 0 Å². The highest BCUT2D eigenvalue weighted by atomic mass is 32.1. The third kappa shape index (κ3) is 7.44. The summed E-state index contributed by atoms with van der Waals surface area (Å²) < 4.78 is 36.4. The van der Waals surface area contributed by atoms with Crippen molar-refractivity contribution in [1.29, 1.82) is 0 Å². The Morgan fingerprint density at radius 3 is 2.00 bits per heavy atom. The molecule has 66 heavy (non-hydrogen) atoms. The van der Waals surface area contributed by atoms with E-state index in [-0.39, 0.29) is 30.1 Å².